The predicted molar refractivity (Wildman–Crippen MR) is 406 cm³/mol. The van der Waals surface area contributed by atoms with Gasteiger partial charge in [0.05, 0.1) is 11.0 Å². The van der Waals surface area contributed by atoms with Crippen molar-refractivity contribution in [2.45, 2.75) is 12.3 Å². The zero-order chi connectivity index (χ0) is 63.7. The van der Waals surface area contributed by atoms with Crippen molar-refractivity contribution in [3.8, 4) is 61.3 Å². The molecule has 452 valence electrons. The van der Waals surface area contributed by atoms with Gasteiger partial charge in [-0.15, -0.1) is 0 Å². The summed E-state index contributed by atoms with van der Waals surface area (Å²) < 4.78 is 9.16. The van der Waals surface area contributed by atoms with Crippen LogP contribution < -0.4 is 26.2 Å². The van der Waals surface area contributed by atoms with Gasteiger partial charge in [0.15, 0.2) is 0 Å². The van der Waals surface area contributed by atoms with Gasteiger partial charge >= 0.3 is 0 Å². The Bertz CT molecular complexity index is 5800. The molecule has 0 fully saturated rings. The van der Waals surface area contributed by atoms with Gasteiger partial charge in [0.25, 0.3) is 6.71 Å². The van der Waals surface area contributed by atoms with Crippen molar-refractivity contribution in [3.05, 3.63) is 374 Å². The van der Waals surface area contributed by atoms with E-state index in [-0.39, 0.29) is 12.6 Å². The molecule has 4 heterocycles. The molecule has 0 atom stereocenters. The molecule has 4 nitrogen and oxygen atoms in total. The number of hydrogen-bond acceptors (Lipinski definition) is 3. The minimum Gasteiger partial charge on any atom is -0.456 e. The van der Waals surface area contributed by atoms with Gasteiger partial charge in [-0.3, -0.25) is 0 Å². The van der Waals surface area contributed by atoms with Gasteiger partial charge in [0.2, 0.25) is 0 Å². The van der Waals surface area contributed by atoms with Crippen LogP contribution >= 0.6 is 0 Å². The number of aromatic nitrogens is 1. The van der Waals surface area contributed by atoms with E-state index in [1.807, 2.05) is 0 Å². The summed E-state index contributed by atoms with van der Waals surface area (Å²) in [5.41, 5.74) is 33.6. The molecule has 5 heteroatoms. The Morgan fingerprint density at radius 2 is 0.773 bits per heavy atom. The first-order chi connectivity index (χ1) is 48.1. The van der Waals surface area contributed by atoms with Crippen LogP contribution in [0.2, 0.25) is 0 Å². The van der Waals surface area contributed by atoms with E-state index in [1.165, 1.54) is 66.0 Å². The van der Waals surface area contributed by atoms with Crippen LogP contribution in [0, 0.1) is 0 Å². The van der Waals surface area contributed by atoms with Gasteiger partial charge in [-0.2, -0.15) is 0 Å². The lowest BCUT2D eigenvalue weighted by molar-refractivity contribution is 0.669. The lowest BCUT2D eigenvalue weighted by Crippen LogP contribution is -2.61. The maximum Gasteiger partial charge on any atom is 0.252 e. The number of rotatable bonds is 9. The molecule has 0 bridgehead atoms. The van der Waals surface area contributed by atoms with Gasteiger partial charge in [0, 0.05) is 67.3 Å². The number of para-hydroxylation sites is 3. The first-order valence-electron chi connectivity index (χ1n) is 33.7. The van der Waals surface area contributed by atoms with Gasteiger partial charge in [0.1, 0.15) is 11.2 Å². The number of benzene rings is 15. The Hall–Kier alpha value is -12.4. The summed E-state index contributed by atoms with van der Waals surface area (Å²) in [5, 5.41) is 4.67. The van der Waals surface area contributed by atoms with E-state index in [1.54, 1.807) is 0 Å². The normalized spacial score (nSPS) is 13.0. The standard InChI is InChI=1S/C92H60BN3O/c1-5-24-59(25-6-1)66-49-67(60-26-7-2-8-27-60)52-72(51-66)95-84-47-44-65(76-39-23-43-89-91(76)79-38-19-22-42-88(79)97-89)55-81(84)93-80-46-45-71(94-82-40-20-17-36-77(82)78-37-18-21-41-83(78)94)58-85(80)96(73-53-68(61-28-9-3-10-29-61)50-69(54-73)62-30-11-4-12-31-62)87-57-70(56-86(95)92(87)93)90-74-34-15-13-32-63(74)48-64-33-14-16-35-75(64)90/h1-47,49-58,90H,48H2. The molecule has 0 radical (unpaired) electrons. The molecule has 2 aromatic heterocycles. The molecule has 1 aliphatic carbocycles. The Labute approximate surface area is 563 Å². The fourth-order valence-electron chi connectivity index (χ4n) is 16.6. The monoisotopic (exact) mass is 1230 g/mol. The summed E-state index contributed by atoms with van der Waals surface area (Å²) in [5.74, 6) is -0.0877. The van der Waals surface area contributed by atoms with Gasteiger partial charge in [-0.1, -0.05) is 255 Å². The first-order valence-corrected chi connectivity index (χ1v) is 33.7. The summed E-state index contributed by atoms with van der Waals surface area (Å²) in [6, 6.07) is 129. The Balaban J connectivity index is 0.946. The molecule has 0 amide bonds. The molecule has 20 rings (SSSR count). The topological polar surface area (TPSA) is 24.6 Å². The average molecular weight is 1230 g/mol. The molecule has 2 aliphatic heterocycles. The van der Waals surface area contributed by atoms with E-state index in [9.17, 15) is 0 Å². The molecule has 0 spiro atoms. The van der Waals surface area contributed by atoms with Crippen LogP contribution in [-0.2, 0) is 6.42 Å². The van der Waals surface area contributed by atoms with Crippen molar-refractivity contribution in [2.75, 3.05) is 9.80 Å². The Morgan fingerprint density at radius 1 is 0.299 bits per heavy atom. The van der Waals surface area contributed by atoms with Gasteiger partial charge in [-0.25, -0.2) is 0 Å². The van der Waals surface area contributed by atoms with Crippen LogP contribution in [0.1, 0.15) is 33.7 Å². The van der Waals surface area contributed by atoms with Crippen molar-refractivity contribution in [1.82, 2.24) is 4.57 Å². The van der Waals surface area contributed by atoms with Crippen molar-refractivity contribution in [3.63, 3.8) is 0 Å². The fourth-order valence-corrected chi connectivity index (χ4v) is 16.6. The van der Waals surface area contributed by atoms with Crippen molar-refractivity contribution < 1.29 is 4.42 Å². The molecular formula is C92H60BN3O. The maximum atomic E-state index is 6.67. The van der Waals surface area contributed by atoms with Crippen LogP contribution in [0.25, 0.3) is 105 Å². The fraction of sp³-hybridized carbons (Fsp3) is 0.0217. The average Bonchev–Trinajstić information content (AvgIpc) is 1.10. The Kier molecular flexibility index (Phi) is 12.5. The third-order valence-corrected chi connectivity index (χ3v) is 20.9. The highest BCUT2D eigenvalue weighted by Crippen LogP contribution is 2.52. The molecule has 15 aromatic carbocycles. The number of hydrogen-bond donors (Lipinski definition) is 0. The summed E-state index contributed by atoms with van der Waals surface area (Å²) in [6.07, 6.45) is 0.876. The summed E-state index contributed by atoms with van der Waals surface area (Å²) in [6.45, 7) is -0.244. The minimum atomic E-state index is -0.244. The molecule has 0 saturated carbocycles. The van der Waals surface area contributed by atoms with Crippen LogP contribution in [0.4, 0.5) is 34.1 Å². The number of furan rings is 1. The minimum absolute atomic E-state index is 0.0877. The smallest absolute Gasteiger partial charge is 0.252 e. The van der Waals surface area contributed by atoms with Crippen molar-refractivity contribution >= 4 is 101 Å². The van der Waals surface area contributed by atoms with E-state index in [4.69, 9.17) is 4.42 Å². The highest BCUT2D eigenvalue weighted by Gasteiger charge is 2.45. The first kappa shape index (κ1) is 55.1. The van der Waals surface area contributed by atoms with E-state index < -0.39 is 0 Å². The number of anilines is 6. The summed E-state index contributed by atoms with van der Waals surface area (Å²) >= 11 is 0. The third kappa shape index (κ3) is 8.86. The zero-order valence-corrected chi connectivity index (χ0v) is 53.0. The van der Waals surface area contributed by atoms with Crippen molar-refractivity contribution in [1.29, 1.82) is 0 Å². The second-order valence-electron chi connectivity index (χ2n) is 26.2. The van der Waals surface area contributed by atoms with E-state index in [2.05, 4.69) is 360 Å². The lowest BCUT2D eigenvalue weighted by Gasteiger charge is -2.45. The number of nitrogens with zero attached hydrogens (tertiary/aromatic N) is 3. The van der Waals surface area contributed by atoms with Crippen LogP contribution in [-0.4, -0.2) is 11.3 Å². The predicted octanol–water partition coefficient (Wildman–Crippen LogP) is 22.2. The van der Waals surface area contributed by atoms with Crippen LogP contribution in [0.3, 0.4) is 0 Å². The van der Waals surface area contributed by atoms with Crippen LogP contribution in [0.5, 0.6) is 0 Å². The molecular weight excluding hydrogens is 1170 g/mol. The van der Waals surface area contributed by atoms with Crippen LogP contribution in [0.15, 0.2) is 350 Å². The molecule has 97 heavy (non-hydrogen) atoms. The second-order valence-corrected chi connectivity index (χ2v) is 26.2. The molecule has 17 aromatic rings. The summed E-state index contributed by atoms with van der Waals surface area (Å²) in [7, 11) is 0. The summed E-state index contributed by atoms with van der Waals surface area (Å²) in [4.78, 5) is 5.29. The maximum absolute atomic E-state index is 6.67. The van der Waals surface area contributed by atoms with Gasteiger partial charge < -0.3 is 18.8 Å². The van der Waals surface area contributed by atoms with E-state index >= 15 is 0 Å². The quantitative estimate of drug-likeness (QED) is 0.135. The number of fused-ring (bicyclic) bond motifs is 12. The second kappa shape index (κ2) is 22.1. The lowest BCUT2D eigenvalue weighted by atomic mass is 9.33. The molecule has 0 saturated heterocycles. The molecule has 0 unspecified atom stereocenters. The van der Waals surface area contributed by atoms with Crippen molar-refractivity contribution in [2.24, 2.45) is 0 Å². The van der Waals surface area contributed by atoms with Gasteiger partial charge in [-0.05, 0) is 197 Å². The largest absolute Gasteiger partial charge is 0.456 e. The zero-order valence-electron chi connectivity index (χ0n) is 53.0. The molecule has 0 N–H and O–H groups in total. The highest BCUT2D eigenvalue weighted by atomic mass is 16.3. The van der Waals surface area contributed by atoms with E-state index in [0.717, 1.165) is 124 Å². The SMILES string of the molecule is c1ccc(-c2cc(-c3ccccc3)cc(N3c4ccc(-c5cccc6oc7ccccc7c56)cc4B4c5ccc(-n6c7ccccc7c7ccccc76)cc5N(c5cc(-c6ccccc6)cc(-c6ccccc6)c5)c5cc(C6c7ccccc7Cc7ccccc76)cc3c54)c2)cc1. The molecule has 3 aliphatic rings. The Morgan fingerprint density at radius 3 is 1.33 bits per heavy atom. The third-order valence-electron chi connectivity index (χ3n) is 20.9. The van der Waals surface area contributed by atoms with E-state index in [0.29, 0.717) is 0 Å². The highest BCUT2D eigenvalue weighted by molar-refractivity contribution is 7.00.